The van der Waals surface area contributed by atoms with Crippen LogP contribution in [-0.4, -0.2) is 60.3 Å². The maximum Gasteiger partial charge on any atom is 0.191 e. The van der Waals surface area contributed by atoms with E-state index in [9.17, 15) is 5.11 Å². The fourth-order valence-electron chi connectivity index (χ4n) is 2.49. The fraction of sp³-hybridized carbons (Fsp3) is 0.944. The van der Waals surface area contributed by atoms with E-state index < -0.39 is 5.60 Å². The van der Waals surface area contributed by atoms with Crippen molar-refractivity contribution in [3.63, 3.8) is 0 Å². The van der Waals surface area contributed by atoms with E-state index in [0.29, 0.717) is 12.6 Å². The zero-order chi connectivity index (χ0) is 17.7. The molecule has 0 fully saturated rings. The van der Waals surface area contributed by atoms with Crippen molar-refractivity contribution in [3.8, 4) is 0 Å². The number of hydrogen-bond acceptors (Lipinski definition) is 3. The minimum absolute atomic E-state index is 0.375. The van der Waals surface area contributed by atoms with Crippen molar-refractivity contribution < 1.29 is 5.11 Å². The summed E-state index contributed by atoms with van der Waals surface area (Å²) in [6.07, 6.45) is 3.76. The molecule has 0 bridgehead atoms. The Kier molecular flexibility index (Phi) is 12.1. The summed E-state index contributed by atoms with van der Waals surface area (Å²) in [6, 6.07) is 0.375. The van der Waals surface area contributed by atoms with Crippen LogP contribution in [0.5, 0.6) is 0 Å². The summed E-state index contributed by atoms with van der Waals surface area (Å²) in [5.74, 6) is 0.808. The van der Waals surface area contributed by atoms with Crippen molar-refractivity contribution in [1.82, 2.24) is 15.5 Å². The minimum atomic E-state index is -0.686. The van der Waals surface area contributed by atoms with E-state index >= 15 is 0 Å². The molecule has 0 aliphatic heterocycles. The lowest BCUT2D eigenvalue weighted by Crippen LogP contribution is -2.43. The molecule has 1 unspecified atom stereocenters. The first-order valence-corrected chi connectivity index (χ1v) is 9.44. The third-order valence-corrected chi connectivity index (χ3v) is 4.58. The maximum absolute atomic E-state index is 10.4. The fourth-order valence-corrected chi connectivity index (χ4v) is 2.49. The van der Waals surface area contributed by atoms with E-state index in [2.05, 4.69) is 48.2 Å². The predicted octanol–water partition coefficient (Wildman–Crippen LogP) is 2.60. The van der Waals surface area contributed by atoms with Crippen LogP contribution in [-0.2, 0) is 0 Å². The number of guanidine groups is 1. The molecule has 0 radical (unpaired) electrons. The van der Waals surface area contributed by atoms with Gasteiger partial charge in [0.15, 0.2) is 5.96 Å². The van der Waals surface area contributed by atoms with E-state index in [1.807, 2.05) is 13.8 Å². The van der Waals surface area contributed by atoms with Gasteiger partial charge in [0.05, 0.1) is 12.1 Å². The number of nitrogens with one attached hydrogen (secondary N) is 2. The van der Waals surface area contributed by atoms with E-state index in [0.717, 1.165) is 51.4 Å². The number of rotatable bonds is 12. The van der Waals surface area contributed by atoms with Crippen molar-refractivity contribution in [1.29, 1.82) is 0 Å². The molecule has 0 saturated heterocycles. The largest absolute Gasteiger partial charge is 0.388 e. The second kappa shape index (κ2) is 12.6. The third kappa shape index (κ3) is 9.82. The number of aliphatic hydroxyl groups is 1. The number of aliphatic imine (C=N–C) groups is 1. The summed E-state index contributed by atoms with van der Waals surface area (Å²) in [7, 11) is 0. The van der Waals surface area contributed by atoms with Gasteiger partial charge in [-0.2, -0.15) is 0 Å². The van der Waals surface area contributed by atoms with Crippen molar-refractivity contribution in [2.24, 2.45) is 4.99 Å². The molecule has 0 aromatic carbocycles. The second-order valence-electron chi connectivity index (χ2n) is 6.34. The number of nitrogens with zero attached hydrogens (tertiary/aromatic N) is 2. The highest BCUT2D eigenvalue weighted by Crippen LogP contribution is 2.14. The van der Waals surface area contributed by atoms with E-state index in [4.69, 9.17) is 0 Å². The lowest BCUT2D eigenvalue weighted by atomic mass is 9.98. The van der Waals surface area contributed by atoms with Crippen molar-refractivity contribution >= 4 is 5.96 Å². The Morgan fingerprint density at radius 3 is 2.22 bits per heavy atom. The summed E-state index contributed by atoms with van der Waals surface area (Å²) >= 11 is 0. The van der Waals surface area contributed by atoms with Gasteiger partial charge in [0.25, 0.3) is 0 Å². The zero-order valence-corrected chi connectivity index (χ0v) is 16.3. The first kappa shape index (κ1) is 22.2. The van der Waals surface area contributed by atoms with Crippen LogP contribution in [0.3, 0.4) is 0 Å². The standard InChI is InChI=1S/C18H40N4O/c1-7-18(23,8-2)15-20-17(19-9-3)21-16(6)13-12-14-22(10-4)11-5/h16,23H,7-15H2,1-6H3,(H2,19,20,21). The van der Waals surface area contributed by atoms with Crippen LogP contribution < -0.4 is 10.6 Å². The predicted molar refractivity (Wildman–Crippen MR) is 101 cm³/mol. The van der Waals surface area contributed by atoms with Gasteiger partial charge in [-0.25, -0.2) is 0 Å². The molecule has 0 saturated carbocycles. The molecule has 23 heavy (non-hydrogen) atoms. The normalized spacial score (nSPS) is 14.2. The molecule has 1 atom stereocenters. The van der Waals surface area contributed by atoms with Crippen LogP contribution in [0.15, 0.2) is 4.99 Å². The van der Waals surface area contributed by atoms with Gasteiger partial charge in [-0.1, -0.05) is 27.7 Å². The Hall–Kier alpha value is -0.810. The molecule has 0 aromatic rings. The smallest absolute Gasteiger partial charge is 0.191 e. The third-order valence-electron chi connectivity index (χ3n) is 4.58. The lowest BCUT2D eigenvalue weighted by molar-refractivity contribution is 0.0417. The van der Waals surface area contributed by atoms with Crippen LogP contribution in [0.25, 0.3) is 0 Å². The van der Waals surface area contributed by atoms with Gasteiger partial charge < -0.3 is 20.6 Å². The summed E-state index contributed by atoms with van der Waals surface area (Å²) < 4.78 is 0. The Morgan fingerprint density at radius 1 is 1.13 bits per heavy atom. The summed E-state index contributed by atoms with van der Waals surface area (Å²) in [4.78, 5) is 7.03. The number of hydrogen-bond donors (Lipinski definition) is 3. The van der Waals surface area contributed by atoms with Crippen LogP contribution in [0.2, 0.25) is 0 Å². The molecule has 0 aliphatic rings. The average molecular weight is 329 g/mol. The van der Waals surface area contributed by atoms with Gasteiger partial charge in [-0.3, -0.25) is 4.99 Å². The molecule has 138 valence electrons. The van der Waals surface area contributed by atoms with Gasteiger partial charge in [0.1, 0.15) is 0 Å². The van der Waals surface area contributed by atoms with Crippen LogP contribution in [0.4, 0.5) is 0 Å². The van der Waals surface area contributed by atoms with Crippen molar-refractivity contribution in [2.75, 3.05) is 32.7 Å². The first-order valence-electron chi connectivity index (χ1n) is 9.44. The summed E-state index contributed by atoms with van der Waals surface area (Å²) in [5.41, 5.74) is -0.686. The van der Waals surface area contributed by atoms with Crippen LogP contribution in [0.1, 0.15) is 67.2 Å². The molecule has 3 N–H and O–H groups in total. The van der Waals surface area contributed by atoms with Crippen LogP contribution in [0, 0.1) is 0 Å². The quantitative estimate of drug-likeness (QED) is 0.381. The maximum atomic E-state index is 10.4. The highest BCUT2D eigenvalue weighted by molar-refractivity contribution is 5.80. The van der Waals surface area contributed by atoms with Crippen LogP contribution >= 0.6 is 0 Å². The zero-order valence-electron chi connectivity index (χ0n) is 16.3. The minimum Gasteiger partial charge on any atom is -0.388 e. The molecule has 0 amide bonds. The second-order valence-corrected chi connectivity index (χ2v) is 6.34. The first-order chi connectivity index (χ1) is 10.9. The van der Waals surface area contributed by atoms with Crippen molar-refractivity contribution in [3.05, 3.63) is 0 Å². The Labute approximate surface area is 143 Å². The molecule has 5 nitrogen and oxygen atoms in total. The molecule has 0 rings (SSSR count). The topological polar surface area (TPSA) is 59.9 Å². The summed E-state index contributed by atoms with van der Waals surface area (Å²) in [6.45, 7) is 17.4. The molecule has 0 spiro atoms. The monoisotopic (exact) mass is 328 g/mol. The molecule has 0 aliphatic carbocycles. The highest BCUT2D eigenvalue weighted by atomic mass is 16.3. The molecular weight excluding hydrogens is 288 g/mol. The van der Waals surface area contributed by atoms with Gasteiger partial charge in [0, 0.05) is 12.6 Å². The van der Waals surface area contributed by atoms with Gasteiger partial charge >= 0.3 is 0 Å². The van der Waals surface area contributed by atoms with E-state index in [1.54, 1.807) is 0 Å². The van der Waals surface area contributed by atoms with Gasteiger partial charge in [0.2, 0.25) is 0 Å². The molecule has 0 aromatic heterocycles. The Balaban J connectivity index is 4.39. The Bertz CT molecular complexity index is 312. The van der Waals surface area contributed by atoms with Gasteiger partial charge in [-0.05, 0) is 59.2 Å². The lowest BCUT2D eigenvalue weighted by Gasteiger charge is -2.24. The average Bonchev–Trinajstić information content (AvgIpc) is 2.56. The molecule has 0 heterocycles. The Morgan fingerprint density at radius 2 is 1.74 bits per heavy atom. The van der Waals surface area contributed by atoms with Crippen molar-refractivity contribution in [2.45, 2.75) is 78.9 Å². The highest BCUT2D eigenvalue weighted by Gasteiger charge is 2.21. The SMILES string of the molecule is CCNC(=NCC(O)(CC)CC)NC(C)CCCN(CC)CC. The molecule has 5 heteroatoms. The van der Waals surface area contributed by atoms with E-state index in [-0.39, 0.29) is 0 Å². The van der Waals surface area contributed by atoms with Gasteiger partial charge in [-0.15, -0.1) is 0 Å². The summed E-state index contributed by atoms with van der Waals surface area (Å²) in [5, 5.41) is 17.1. The molecular formula is C18H40N4O. The van der Waals surface area contributed by atoms with E-state index in [1.165, 1.54) is 6.42 Å².